The highest BCUT2D eigenvalue weighted by molar-refractivity contribution is 5.90. The quantitative estimate of drug-likeness (QED) is 0.907. The Morgan fingerprint density at radius 3 is 2.37 bits per heavy atom. The Labute approximate surface area is 119 Å². The van der Waals surface area contributed by atoms with Crippen LogP contribution in [0.15, 0.2) is 30.3 Å². The molecule has 0 radical (unpaired) electrons. The fourth-order valence-electron chi connectivity index (χ4n) is 3.61. The van der Waals surface area contributed by atoms with Gasteiger partial charge in [0.25, 0.3) is 0 Å². The number of nitrogens with two attached hydrogens (primary N) is 1. The number of para-hydroxylation sites is 1. The molecule has 3 aliphatic rings. The van der Waals surface area contributed by atoms with Crippen LogP contribution in [0.2, 0.25) is 0 Å². The van der Waals surface area contributed by atoms with Gasteiger partial charge in [-0.2, -0.15) is 0 Å². The summed E-state index contributed by atoms with van der Waals surface area (Å²) in [5, 5.41) is 0. The van der Waals surface area contributed by atoms with E-state index in [-0.39, 0.29) is 29.6 Å². The number of fused-ring (bicyclic) bond motifs is 1. The minimum absolute atomic E-state index is 0. The molecular weight excluding hydrogens is 264 g/mol. The molecule has 0 saturated heterocycles. The van der Waals surface area contributed by atoms with Crippen LogP contribution in [0.1, 0.15) is 25.7 Å². The van der Waals surface area contributed by atoms with Gasteiger partial charge < -0.3 is 10.5 Å². The van der Waals surface area contributed by atoms with Gasteiger partial charge in [0.2, 0.25) is 0 Å². The predicted octanol–water partition coefficient (Wildman–Crippen LogP) is 2.71. The predicted molar refractivity (Wildman–Crippen MR) is 76.7 cm³/mol. The van der Waals surface area contributed by atoms with Crippen molar-refractivity contribution < 1.29 is 9.53 Å². The average Bonchev–Trinajstić information content (AvgIpc) is 2.84. The van der Waals surface area contributed by atoms with Crippen LogP contribution < -0.4 is 10.6 Å². The number of halogens is 1. The van der Waals surface area contributed by atoms with Gasteiger partial charge in [0.1, 0.15) is 0 Å². The molecule has 0 aliphatic heterocycles. The molecule has 1 aromatic rings. The van der Waals surface area contributed by atoms with Crippen LogP contribution in [0.5, 0.6) is 0 Å². The van der Waals surface area contributed by atoms with Crippen LogP contribution >= 0.6 is 12.4 Å². The molecular formula is C14H19ClN2O2. The summed E-state index contributed by atoms with van der Waals surface area (Å²) < 4.78 is 4.95. The second-order valence-corrected chi connectivity index (χ2v) is 5.58. The minimum Gasteiger partial charge on any atom is -0.452 e. The maximum atomic E-state index is 12.1. The van der Waals surface area contributed by atoms with E-state index in [2.05, 4.69) is 0 Å². The number of hydrogen-bond acceptors (Lipinski definition) is 3. The lowest BCUT2D eigenvalue weighted by molar-refractivity contribution is 0.145. The van der Waals surface area contributed by atoms with Crippen molar-refractivity contribution in [1.82, 2.24) is 0 Å². The van der Waals surface area contributed by atoms with Crippen molar-refractivity contribution in [3.63, 3.8) is 0 Å². The smallest absolute Gasteiger partial charge is 0.414 e. The summed E-state index contributed by atoms with van der Waals surface area (Å²) in [5.74, 6) is 0. The van der Waals surface area contributed by atoms with E-state index in [0.717, 1.165) is 31.4 Å². The summed E-state index contributed by atoms with van der Waals surface area (Å²) in [5.41, 5.74) is 6.93. The van der Waals surface area contributed by atoms with E-state index >= 15 is 0 Å². The van der Waals surface area contributed by atoms with Gasteiger partial charge in [-0.25, -0.2) is 4.79 Å². The van der Waals surface area contributed by atoms with Crippen molar-refractivity contribution in [2.75, 3.05) is 12.0 Å². The molecule has 104 valence electrons. The van der Waals surface area contributed by atoms with Crippen molar-refractivity contribution in [3.8, 4) is 0 Å². The Balaban J connectivity index is 0.00000133. The molecule has 2 bridgehead atoms. The lowest BCUT2D eigenvalue weighted by Crippen LogP contribution is -2.63. The second-order valence-electron chi connectivity index (χ2n) is 5.58. The molecule has 4 rings (SSSR count). The molecule has 0 spiro atoms. The Morgan fingerprint density at radius 2 is 1.89 bits per heavy atom. The molecule has 3 aliphatic carbocycles. The Morgan fingerprint density at radius 1 is 1.26 bits per heavy atom. The minimum atomic E-state index is -0.287. The molecule has 19 heavy (non-hydrogen) atoms. The zero-order chi connectivity index (χ0) is 12.8. The van der Waals surface area contributed by atoms with Gasteiger partial charge in [0.05, 0.1) is 12.6 Å². The fourth-order valence-corrected chi connectivity index (χ4v) is 3.61. The van der Waals surface area contributed by atoms with E-state index < -0.39 is 0 Å². The summed E-state index contributed by atoms with van der Waals surface area (Å²) >= 11 is 0. The lowest BCUT2D eigenvalue weighted by Gasteiger charge is -2.50. The molecule has 1 amide bonds. The van der Waals surface area contributed by atoms with Crippen molar-refractivity contribution >= 4 is 24.2 Å². The van der Waals surface area contributed by atoms with E-state index in [1.807, 2.05) is 30.3 Å². The van der Waals surface area contributed by atoms with Crippen molar-refractivity contribution in [2.24, 2.45) is 5.73 Å². The first-order valence-electron chi connectivity index (χ1n) is 6.31. The van der Waals surface area contributed by atoms with Crippen LogP contribution in [0.3, 0.4) is 0 Å². The molecule has 3 fully saturated rings. The number of anilines is 1. The highest BCUT2D eigenvalue weighted by Crippen LogP contribution is 2.57. The zero-order valence-corrected chi connectivity index (χ0v) is 11.8. The molecule has 5 heteroatoms. The summed E-state index contributed by atoms with van der Waals surface area (Å²) in [6, 6.07) is 9.71. The summed E-state index contributed by atoms with van der Waals surface area (Å²) in [4.78, 5) is 13.9. The fraction of sp³-hybridized carbons (Fsp3) is 0.500. The first-order chi connectivity index (χ1) is 8.59. The Bertz CT molecular complexity index is 472. The number of amides is 1. The van der Waals surface area contributed by atoms with E-state index in [4.69, 9.17) is 10.5 Å². The van der Waals surface area contributed by atoms with Gasteiger partial charge in [0.15, 0.2) is 0 Å². The summed E-state index contributed by atoms with van der Waals surface area (Å²) in [6.45, 7) is 0. The number of hydrogen-bond donors (Lipinski definition) is 1. The largest absolute Gasteiger partial charge is 0.452 e. The maximum absolute atomic E-state index is 12.1. The zero-order valence-electron chi connectivity index (χ0n) is 11.0. The van der Waals surface area contributed by atoms with Gasteiger partial charge in [0, 0.05) is 11.2 Å². The van der Waals surface area contributed by atoms with Gasteiger partial charge in [-0.15, -0.1) is 12.4 Å². The Kier molecular flexibility index (Phi) is 3.49. The molecule has 1 aromatic carbocycles. The van der Waals surface area contributed by atoms with Crippen LogP contribution in [0, 0.1) is 0 Å². The lowest BCUT2D eigenvalue weighted by atomic mass is 9.70. The first kappa shape index (κ1) is 14.2. The van der Waals surface area contributed by atoms with E-state index in [1.54, 1.807) is 4.90 Å². The maximum Gasteiger partial charge on any atom is 0.414 e. The van der Waals surface area contributed by atoms with Gasteiger partial charge in [-0.3, -0.25) is 4.90 Å². The number of carbonyl (C=O) groups is 1. The molecule has 0 heterocycles. The van der Waals surface area contributed by atoms with Crippen molar-refractivity contribution in [1.29, 1.82) is 0 Å². The first-order valence-corrected chi connectivity index (χ1v) is 6.31. The monoisotopic (exact) mass is 282 g/mol. The third-order valence-electron chi connectivity index (χ3n) is 4.30. The SMILES string of the molecule is COC(=O)N(c1ccccc1)C12CCC(N)(C1)C2.Cl. The van der Waals surface area contributed by atoms with Gasteiger partial charge in [-0.05, 0) is 37.8 Å². The van der Waals surface area contributed by atoms with Crippen LogP contribution in [-0.2, 0) is 4.74 Å². The molecule has 4 nitrogen and oxygen atoms in total. The topological polar surface area (TPSA) is 55.6 Å². The number of carbonyl (C=O) groups excluding carboxylic acids is 1. The standard InChI is InChI=1S/C14H18N2O2.ClH/c1-18-12(17)16(11-5-3-2-4-6-11)14-8-7-13(15,9-14)10-14;/h2-6H,7-10,15H2,1H3;1H. The van der Waals surface area contributed by atoms with Crippen LogP contribution in [-0.4, -0.2) is 24.3 Å². The Hall–Kier alpha value is -1.26. The summed E-state index contributed by atoms with van der Waals surface area (Å²) in [7, 11) is 1.43. The third-order valence-corrected chi connectivity index (χ3v) is 4.30. The van der Waals surface area contributed by atoms with Crippen LogP contribution in [0.4, 0.5) is 10.5 Å². The van der Waals surface area contributed by atoms with Gasteiger partial charge in [-0.1, -0.05) is 18.2 Å². The number of nitrogens with zero attached hydrogens (tertiary/aromatic N) is 1. The highest BCUT2D eigenvalue weighted by Gasteiger charge is 2.63. The van der Waals surface area contributed by atoms with Gasteiger partial charge >= 0.3 is 6.09 Å². The van der Waals surface area contributed by atoms with Crippen molar-refractivity contribution in [3.05, 3.63) is 30.3 Å². The van der Waals surface area contributed by atoms with E-state index in [1.165, 1.54) is 7.11 Å². The molecule has 2 N–H and O–H groups in total. The highest BCUT2D eigenvalue weighted by atomic mass is 35.5. The second kappa shape index (κ2) is 4.69. The molecule has 3 saturated carbocycles. The number of methoxy groups -OCH3 is 1. The average molecular weight is 283 g/mol. The van der Waals surface area contributed by atoms with Crippen LogP contribution in [0.25, 0.3) is 0 Å². The third kappa shape index (κ3) is 2.09. The number of benzene rings is 1. The number of rotatable bonds is 2. The summed E-state index contributed by atoms with van der Waals surface area (Å²) in [6.07, 6.45) is 3.43. The van der Waals surface area contributed by atoms with E-state index in [0.29, 0.717) is 0 Å². The molecule has 0 unspecified atom stereocenters. The van der Waals surface area contributed by atoms with Crippen molar-refractivity contribution in [2.45, 2.75) is 36.8 Å². The number of ether oxygens (including phenoxy) is 1. The molecule has 0 aromatic heterocycles. The van der Waals surface area contributed by atoms with E-state index in [9.17, 15) is 4.79 Å². The molecule has 0 atom stereocenters. The normalized spacial score (nSPS) is 31.1.